The third-order valence-electron chi connectivity index (χ3n) is 2.57. The van der Waals surface area contributed by atoms with Gasteiger partial charge in [-0.25, -0.2) is 13.2 Å². The van der Waals surface area contributed by atoms with Crippen molar-refractivity contribution in [2.75, 3.05) is 6.26 Å². The van der Waals surface area contributed by atoms with E-state index in [4.69, 9.17) is 5.11 Å². The van der Waals surface area contributed by atoms with Crippen LogP contribution in [0, 0.1) is 0 Å². The monoisotopic (exact) mass is 277 g/mol. The van der Waals surface area contributed by atoms with Crippen molar-refractivity contribution in [1.82, 2.24) is 4.98 Å². The van der Waals surface area contributed by atoms with Gasteiger partial charge in [-0.15, -0.1) is 0 Å². The Morgan fingerprint density at radius 2 is 1.95 bits per heavy atom. The van der Waals surface area contributed by atoms with Gasteiger partial charge in [-0.2, -0.15) is 0 Å². The highest BCUT2D eigenvalue weighted by atomic mass is 32.2. The fourth-order valence-corrected chi connectivity index (χ4v) is 2.59. The van der Waals surface area contributed by atoms with Crippen LogP contribution in [-0.2, 0) is 9.84 Å². The third-order valence-corrected chi connectivity index (χ3v) is 3.71. The maximum Gasteiger partial charge on any atom is 0.337 e. The molecule has 1 heterocycles. The van der Waals surface area contributed by atoms with E-state index < -0.39 is 15.8 Å². The van der Waals surface area contributed by atoms with E-state index >= 15 is 0 Å². The zero-order valence-corrected chi connectivity index (χ0v) is 10.9. The number of carboxylic acids is 1. The molecular formula is C13H11NO4S. The number of hydrogen-bond donors (Lipinski definition) is 1. The van der Waals surface area contributed by atoms with E-state index in [1.54, 1.807) is 30.5 Å². The molecule has 1 N–H and O–H groups in total. The zero-order chi connectivity index (χ0) is 14.0. The van der Waals surface area contributed by atoms with Crippen LogP contribution in [0.2, 0.25) is 0 Å². The number of sulfone groups is 1. The van der Waals surface area contributed by atoms with Crippen LogP contribution in [0.25, 0.3) is 11.3 Å². The largest absolute Gasteiger partial charge is 0.478 e. The summed E-state index contributed by atoms with van der Waals surface area (Å²) in [7, 11) is -3.62. The fourth-order valence-electron chi connectivity index (χ4n) is 1.70. The Balaban J connectivity index is 2.67. The molecule has 0 spiro atoms. The van der Waals surface area contributed by atoms with Crippen LogP contribution < -0.4 is 0 Å². The lowest BCUT2D eigenvalue weighted by Crippen LogP contribution is -2.07. The molecule has 0 amide bonds. The van der Waals surface area contributed by atoms with Crippen LogP contribution in [0.4, 0.5) is 0 Å². The predicted molar refractivity (Wildman–Crippen MR) is 69.7 cm³/mol. The molecule has 0 atom stereocenters. The standard InChI is InChI=1S/C13H11NO4S/c1-19(17,18)12-8-9(5-6-10(12)13(15)16)11-4-2-3-7-14-11/h2-8H,1H3,(H,15,16). The van der Waals surface area contributed by atoms with E-state index in [0.717, 1.165) is 6.26 Å². The Bertz CT molecular complexity index is 724. The first-order chi connectivity index (χ1) is 8.89. The van der Waals surface area contributed by atoms with Crippen molar-refractivity contribution in [2.24, 2.45) is 0 Å². The Morgan fingerprint density at radius 3 is 2.47 bits per heavy atom. The molecule has 19 heavy (non-hydrogen) atoms. The van der Waals surface area contributed by atoms with Crippen LogP contribution in [0.3, 0.4) is 0 Å². The van der Waals surface area contributed by atoms with Crippen molar-refractivity contribution in [3.63, 3.8) is 0 Å². The normalized spacial score (nSPS) is 11.2. The summed E-state index contributed by atoms with van der Waals surface area (Å²) < 4.78 is 23.3. The number of aromatic nitrogens is 1. The number of carbonyl (C=O) groups is 1. The molecule has 2 rings (SSSR count). The molecule has 98 valence electrons. The number of aromatic carboxylic acids is 1. The first-order valence-electron chi connectivity index (χ1n) is 5.38. The number of carboxylic acid groups (broad SMARTS) is 1. The van der Waals surface area contributed by atoms with Gasteiger partial charge in [0.05, 0.1) is 16.2 Å². The van der Waals surface area contributed by atoms with Gasteiger partial charge in [-0.3, -0.25) is 4.98 Å². The molecule has 0 saturated heterocycles. The molecule has 0 aliphatic carbocycles. The molecule has 0 aliphatic heterocycles. The van der Waals surface area contributed by atoms with Gasteiger partial charge >= 0.3 is 5.97 Å². The summed E-state index contributed by atoms with van der Waals surface area (Å²) in [5.41, 5.74) is 0.914. The highest BCUT2D eigenvalue weighted by molar-refractivity contribution is 7.90. The topological polar surface area (TPSA) is 84.3 Å². The van der Waals surface area contributed by atoms with Crippen molar-refractivity contribution < 1.29 is 18.3 Å². The van der Waals surface area contributed by atoms with Crippen molar-refractivity contribution >= 4 is 15.8 Å². The molecule has 0 fully saturated rings. The van der Waals surface area contributed by atoms with E-state index in [-0.39, 0.29) is 10.5 Å². The summed E-state index contributed by atoms with van der Waals surface area (Å²) in [6, 6.07) is 9.40. The Labute approximate surface area is 110 Å². The van der Waals surface area contributed by atoms with Crippen LogP contribution >= 0.6 is 0 Å². The van der Waals surface area contributed by atoms with E-state index in [1.807, 2.05) is 0 Å². The van der Waals surface area contributed by atoms with Crippen molar-refractivity contribution in [3.8, 4) is 11.3 Å². The van der Waals surface area contributed by atoms with Crippen LogP contribution in [0.15, 0.2) is 47.5 Å². The van der Waals surface area contributed by atoms with E-state index in [1.165, 1.54) is 12.1 Å². The molecule has 1 aromatic carbocycles. The third kappa shape index (κ3) is 2.79. The molecule has 6 heteroatoms. The van der Waals surface area contributed by atoms with Crippen molar-refractivity contribution in [2.45, 2.75) is 4.90 Å². The average molecular weight is 277 g/mol. The first kappa shape index (κ1) is 13.2. The number of hydrogen-bond acceptors (Lipinski definition) is 4. The summed E-state index contributed by atoms with van der Waals surface area (Å²) in [5, 5.41) is 9.01. The minimum atomic E-state index is -3.62. The number of nitrogens with zero attached hydrogens (tertiary/aromatic N) is 1. The number of pyridine rings is 1. The summed E-state index contributed by atoms with van der Waals surface area (Å²) in [4.78, 5) is 14.9. The van der Waals surface area contributed by atoms with Crippen LogP contribution in [0.1, 0.15) is 10.4 Å². The number of rotatable bonds is 3. The van der Waals surface area contributed by atoms with E-state index in [2.05, 4.69) is 4.98 Å². The maximum atomic E-state index is 11.7. The minimum absolute atomic E-state index is 0.205. The number of benzene rings is 1. The molecular weight excluding hydrogens is 266 g/mol. The van der Waals surface area contributed by atoms with Gasteiger partial charge in [-0.1, -0.05) is 12.1 Å². The SMILES string of the molecule is CS(=O)(=O)c1cc(-c2ccccn2)ccc1C(=O)O. The highest BCUT2D eigenvalue weighted by Crippen LogP contribution is 2.24. The Hall–Kier alpha value is -2.21. The lowest BCUT2D eigenvalue weighted by Gasteiger charge is -2.07. The Kier molecular flexibility index (Phi) is 3.35. The van der Waals surface area contributed by atoms with Crippen molar-refractivity contribution in [1.29, 1.82) is 0 Å². The van der Waals surface area contributed by atoms with Gasteiger partial charge in [0.25, 0.3) is 0 Å². The zero-order valence-electron chi connectivity index (χ0n) is 10.1. The Morgan fingerprint density at radius 1 is 1.21 bits per heavy atom. The lowest BCUT2D eigenvalue weighted by molar-refractivity contribution is 0.0692. The highest BCUT2D eigenvalue weighted by Gasteiger charge is 2.19. The molecule has 0 saturated carbocycles. The summed E-state index contributed by atoms with van der Waals surface area (Å²) in [6.45, 7) is 0. The van der Waals surface area contributed by atoms with Crippen molar-refractivity contribution in [3.05, 3.63) is 48.2 Å². The van der Waals surface area contributed by atoms with Gasteiger partial charge in [0.1, 0.15) is 0 Å². The molecule has 1 aromatic heterocycles. The molecule has 5 nitrogen and oxygen atoms in total. The summed E-state index contributed by atoms with van der Waals surface area (Å²) >= 11 is 0. The smallest absolute Gasteiger partial charge is 0.337 e. The lowest BCUT2D eigenvalue weighted by atomic mass is 10.1. The molecule has 0 radical (unpaired) electrons. The molecule has 0 aliphatic rings. The molecule has 0 unspecified atom stereocenters. The second kappa shape index (κ2) is 4.81. The van der Waals surface area contributed by atoms with Gasteiger partial charge in [0.2, 0.25) is 0 Å². The average Bonchev–Trinajstić information content (AvgIpc) is 2.38. The second-order valence-electron chi connectivity index (χ2n) is 4.00. The van der Waals surface area contributed by atoms with E-state index in [0.29, 0.717) is 11.3 Å². The maximum absolute atomic E-state index is 11.7. The van der Waals surface area contributed by atoms with Crippen LogP contribution in [0.5, 0.6) is 0 Å². The summed E-state index contributed by atoms with van der Waals surface area (Å²) in [6.07, 6.45) is 2.57. The van der Waals surface area contributed by atoms with E-state index in [9.17, 15) is 13.2 Å². The van der Waals surface area contributed by atoms with Crippen LogP contribution in [-0.4, -0.2) is 30.7 Å². The second-order valence-corrected chi connectivity index (χ2v) is 5.99. The first-order valence-corrected chi connectivity index (χ1v) is 7.27. The van der Waals surface area contributed by atoms with Gasteiger partial charge in [-0.05, 0) is 24.3 Å². The minimum Gasteiger partial charge on any atom is -0.478 e. The predicted octanol–water partition coefficient (Wildman–Crippen LogP) is 1.85. The summed E-state index contributed by atoms with van der Waals surface area (Å²) in [5.74, 6) is -1.27. The quantitative estimate of drug-likeness (QED) is 0.925. The van der Waals surface area contributed by atoms with Gasteiger partial charge in [0, 0.05) is 18.0 Å². The van der Waals surface area contributed by atoms with Gasteiger partial charge in [0.15, 0.2) is 9.84 Å². The fraction of sp³-hybridized carbons (Fsp3) is 0.0769. The van der Waals surface area contributed by atoms with Gasteiger partial charge < -0.3 is 5.11 Å². The molecule has 0 bridgehead atoms. The molecule has 2 aromatic rings.